The van der Waals surface area contributed by atoms with Crippen molar-refractivity contribution in [1.82, 2.24) is 0 Å². The van der Waals surface area contributed by atoms with Gasteiger partial charge >= 0.3 is 0 Å². The highest BCUT2D eigenvalue weighted by Gasteiger charge is 2.10. The van der Waals surface area contributed by atoms with Crippen molar-refractivity contribution >= 4 is 23.2 Å². The van der Waals surface area contributed by atoms with Gasteiger partial charge in [-0.25, -0.2) is 8.78 Å². The molecule has 0 atom stereocenters. The number of rotatable bonds is 4. The Morgan fingerprint density at radius 3 is 2.58 bits per heavy atom. The zero-order valence-electron chi connectivity index (χ0n) is 9.80. The molecule has 2 rings (SSSR count). The molecule has 0 amide bonds. The summed E-state index contributed by atoms with van der Waals surface area (Å²) in [6, 6.07) is 8.40. The Bertz CT molecular complexity index is 567. The van der Waals surface area contributed by atoms with Crippen LogP contribution in [0.3, 0.4) is 0 Å². The number of halogens is 4. The third kappa shape index (κ3) is 3.37. The molecule has 0 heterocycles. The standard InChI is InChI=1S/C14H10Cl2F2O/c15-7-9-6-10(17)4-5-14(9)19-8-11-12(16)2-1-3-13(11)18/h1-6H,7-8H2. The zero-order valence-corrected chi connectivity index (χ0v) is 11.3. The zero-order chi connectivity index (χ0) is 13.8. The molecule has 0 saturated heterocycles. The van der Waals surface area contributed by atoms with Gasteiger partial charge in [-0.2, -0.15) is 0 Å². The van der Waals surface area contributed by atoms with Gasteiger partial charge in [0.05, 0.1) is 10.9 Å². The van der Waals surface area contributed by atoms with Crippen LogP contribution in [0.1, 0.15) is 11.1 Å². The van der Waals surface area contributed by atoms with Gasteiger partial charge in [-0.1, -0.05) is 17.7 Å². The van der Waals surface area contributed by atoms with E-state index in [-0.39, 0.29) is 23.1 Å². The van der Waals surface area contributed by atoms with Gasteiger partial charge in [0.2, 0.25) is 0 Å². The predicted octanol–water partition coefficient (Wildman–Crippen LogP) is 4.94. The van der Waals surface area contributed by atoms with Crippen molar-refractivity contribution in [2.24, 2.45) is 0 Å². The first-order valence-electron chi connectivity index (χ1n) is 5.52. The second-order valence-corrected chi connectivity index (χ2v) is 4.55. The van der Waals surface area contributed by atoms with Gasteiger partial charge in [0.25, 0.3) is 0 Å². The van der Waals surface area contributed by atoms with Gasteiger partial charge in [-0.3, -0.25) is 0 Å². The van der Waals surface area contributed by atoms with Crippen LogP contribution < -0.4 is 4.74 Å². The molecule has 0 N–H and O–H groups in total. The third-order valence-corrected chi connectivity index (χ3v) is 3.24. The Kier molecular flexibility index (Phi) is 4.61. The highest BCUT2D eigenvalue weighted by molar-refractivity contribution is 6.31. The minimum absolute atomic E-state index is 0.0406. The van der Waals surface area contributed by atoms with Crippen LogP contribution in [-0.4, -0.2) is 0 Å². The van der Waals surface area contributed by atoms with Crippen LogP contribution in [0.4, 0.5) is 8.78 Å². The van der Waals surface area contributed by atoms with Gasteiger partial charge < -0.3 is 4.74 Å². The van der Waals surface area contributed by atoms with Crippen LogP contribution in [0.5, 0.6) is 5.75 Å². The Hall–Kier alpha value is -1.32. The van der Waals surface area contributed by atoms with Gasteiger partial charge in [0, 0.05) is 11.1 Å². The second kappa shape index (κ2) is 6.22. The maximum absolute atomic E-state index is 13.5. The van der Waals surface area contributed by atoms with Crippen LogP contribution in [0.25, 0.3) is 0 Å². The summed E-state index contributed by atoms with van der Waals surface area (Å²) < 4.78 is 32.0. The lowest BCUT2D eigenvalue weighted by Gasteiger charge is -2.11. The molecule has 0 aromatic heterocycles. The molecule has 0 aliphatic rings. The van der Waals surface area contributed by atoms with Gasteiger partial charge in [0.1, 0.15) is 24.0 Å². The smallest absolute Gasteiger partial charge is 0.131 e. The molecule has 0 aliphatic heterocycles. The van der Waals surface area contributed by atoms with E-state index >= 15 is 0 Å². The molecule has 19 heavy (non-hydrogen) atoms. The molecular weight excluding hydrogens is 293 g/mol. The molecule has 0 bridgehead atoms. The first-order chi connectivity index (χ1) is 9.11. The minimum Gasteiger partial charge on any atom is -0.488 e. The van der Waals surface area contributed by atoms with Crippen molar-refractivity contribution in [3.05, 3.63) is 64.2 Å². The largest absolute Gasteiger partial charge is 0.488 e. The number of ether oxygens (including phenoxy) is 1. The quantitative estimate of drug-likeness (QED) is 0.727. The van der Waals surface area contributed by atoms with Crippen LogP contribution in [-0.2, 0) is 12.5 Å². The molecule has 2 aromatic rings. The van der Waals surface area contributed by atoms with Crippen molar-refractivity contribution in [2.75, 3.05) is 0 Å². The molecule has 2 aromatic carbocycles. The van der Waals surface area contributed by atoms with E-state index in [0.29, 0.717) is 11.3 Å². The van der Waals surface area contributed by atoms with Crippen LogP contribution in [0.15, 0.2) is 36.4 Å². The molecule has 0 fully saturated rings. The molecule has 0 unspecified atom stereocenters. The number of hydrogen-bond acceptors (Lipinski definition) is 1. The monoisotopic (exact) mass is 302 g/mol. The Balaban J connectivity index is 2.19. The third-order valence-electron chi connectivity index (χ3n) is 2.60. The van der Waals surface area contributed by atoms with Crippen LogP contribution in [0, 0.1) is 11.6 Å². The van der Waals surface area contributed by atoms with Crippen LogP contribution >= 0.6 is 23.2 Å². The molecule has 0 saturated carbocycles. The molecule has 0 spiro atoms. The minimum atomic E-state index is -0.443. The number of benzene rings is 2. The highest BCUT2D eigenvalue weighted by Crippen LogP contribution is 2.25. The lowest BCUT2D eigenvalue weighted by Crippen LogP contribution is -2.01. The first kappa shape index (κ1) is 14.1. The van der Waals surface area contributed by atoms with Crippen molar-refractivity contribution in [1.29, 1.82) is 0 Å². The van der Waals surface area contributed by atoms with Gasteiger partial charge in [-0.15, -0.1) is 11.6 Å². The van der Waals surface area contributed by atoms with E-state index in [1.165, 1.54) is 30.3 Å². The van der Waals surface area contributed by atoms with E-state index in [2.05, 4.69) is 0 Å². The first-order valence-corrected chi connectivity index (χ1v) is 6.43. The fraction of sp³-hybridized carbons (Fsp3) is 0.143. The van der Waals surface area contributed by atoms with E-state index < -0.39 is 11.6 Å². The normalized spacial score (nSPS) is 10.5. The number of alkyl halides is 1. The van der Waals surface area contributed by atoms with Crippen molar-refractivity contribution in [2.45, 2.75) is 12.5 Å². The van der Waals surface area contributed by atoms with E-state index in [9.17, 15) is 8.78 Å². The maximum atomic E-state index is 13.5. The topological polar surface area (TPSA) is 9.23 Å². The molecular formula is C14H10Cl2F2O. The molecule has 0 aliphatic carbocycles. The average molecular weight is 303 g/mol. The summed E-state index contributed by atoms with van der Waals surface area (Å²) in [5, 5.41) is 0.287. The maximum Gasteiger partial charge on any atom is 0.131 e. The molecule has 0 radical (unpaired) electrons. The van der Waals surface area contributed by atoms with E-state index in [4.69, 9.17) is 27.9 Å². The highest BCUT2D eigenvalue weighted by atomic mass is 35.5. The summed E-state index contributed by atoms with van der Waals surface area (Å²) in [6.45, 7) is -0.0406. The number of hydrogen-bond donors (Lipinski definition) is 0. The van der Waals surface area contributed by atoms with E-state index in [1.807, 2.05) is 0 Å². The summed E-state index contributed by atoms with van der Waals surface area (Å²) in [6.07, 6.45) is 0. The van der Waals surface area contributed by atoms with Gasteiger partial charge in [0.15, 0.2) is 0 Å². The molecule has 100 valence electrons. The molecule has 5 heteroatoms. The summed E-state index contributed by atoms with van der Waals surface area (Å²) in [5.41, 5.74) is 0.767. The van der Waals surface area contributed by atoms with Crippen molar-refractivity contribution in [3.8, 4) is 5.75 Å². The average Bonchev–Trinajstić information content (AvgIpc) is 2.39. The van der Waals surface area contributed by atoms with E-state index in [0.717, 1.165) is 0 Å². The predicted molar refractivity (Wildman–Crippen MR) is 71.7 cm³/mol. The summed E-state index contributed by atoms with van der Waals surface area (Å²) in [7, 11) is 0. The van der Waals surface area contributed by atoms with Gasteiger partial charge in [-0.05, 0) is 30.3 Å². The van der Waals surface area contributed by atoms with Crippen LogP contribution in [0.2, 0.25) is 5.02 Å². The van der Waals surface area contributed by atoms with E-state index in [1.54, 1.807) is 6.07 Å². The lowest BCUT2D eigenvalue weighted by molar-refractivity contribution is 0.297. The summed E-state index contributed by atoms with van der Waals surface area (Å²) in [4.78, 5) is 0. The lowest BCUT2D eigenvalue weighted by atomic mass is 10.2. The Labute approximate surface area is 119 Å². The summed E-state index contributed by atoms with van der Waals surface area (Å²) >= 11 is 11.6. The fourth-order valence-electron chi connectivity index (χ4n) is 1.61. The SMILES string of the molecule is Fc1ccc(OCc2c(F)cccc2Cl)c(CCl)c1. The Morgan fingerprint density at radius 2 is 1.89 bits per heavy atom. The Morgan fingerprint density at radius 1 is 1.11 bits per heavy atom. The summed E-state index contributed by atoms with van der Waals surface area (Å²) in [5.74, 6) is -0.317. The molecule has 1 nitrogen and oxygen atoms in total. The fourth-order valence-corrected chi connectivity index (χ4v) is 2.04. The van der Waals surface area contributed by atoms with Crippen molar-refractivity contribution in [3.63, 3.8) is 0 Å². The van der Waals surface area contributed by atoms with Crippen molar-refractivity contribution < 1.29 is 13.5 Å². The second-order valence-electron chi connectivity index (χ2n) is 3.87.